The number of nitrogens with two attached hydrogens (primary N) is 1. The van der Waals surface area contributed by atoms with Gasteiger partial charge in [-0.3, -0.25) is 0 Å². The Bertz CT molecular complexity index is 511. The highest BCUT2D eigenvalue weighted by Gasteiger charge is 2.25. The number of sulfonamides is 1. The minimum atomic E-state index is -3.53. The van der Waals surface area contributed by atoms with Crippen LogP contribution < -0.4 is 10.5 Å². The van der Waals surface area contributed by atoms with Crippen LogP contribution in [0.3, 0.4) is 0 Å². The van der Waals surface area contributed by atoms with Gasteiger partial charge >= 0.3 is 0 Å². The van der Waals surface area contributed by atoms with Gasteiger partial charge in [0.25, 0.3) is 0 Å². The Kier molecular flexibility index (Phi) is 4.27. The van der Waals surface area contributed by atoms with Crippen molar-refractivity contribution in [3.05, 3.63) is 29.3 Å². The van der Waals surface area contributed by atoms with Crippen molar-refractivity contribution in [2.75, 3.05) is 0 Å². The first-order valence-corrected chi connectivity index (χ1v) is 7.87. The molecule has 0 unspecified atom stereocenters. The monoisotopic (exact) mass is 288 g/mol. The summed E-state index contributed by atoms with van der Waals surface area (Å²) >= 11 is 5.91. The van der Waals surface area contributed by atoms with Crippen LogP contribution in [0.1, 0.15) is 25.7 Å². The number of benzene rings is 1. The Labute approximate surface area is 113 Å². The minimum absolute atomic E-state index is 0.0360. The third-order valence-electron chi connectivity index (χ3n) is 3.22. The lowest BCUT2D eigenvalue weighted by molar-refractivity contribution is 0.373. The molecule has 1 saturated carbocycles. The maximum Gasteiger partial charge on any atom is 0.242 e. The van der Waals surface area contributed by atoms with E-state index in [-0.39, 0.29) is 22.0 Å². The maximum absolute atomic E-state index is 12.2. The summed E-state index contributed by atoms with van der Waals surface area (Å²) in [4.78, 5) is 0.140. The van der Waals surface area contributed by atoms with E-state index in [2.05, 4.69) is 4.72 Å². The molecule has 0 saturated heterocycles. The topological polar surface area (TPSA) is 72.2 Å². The molecule has 0 aromatic heterocycles. The number of hydrogen-bond donors (Lipinski definition) is 2. The summed E-state index contributed by atoms with van der Waals surface area (Å²) in [6, 6.07) is 6.63. The van der Waals surface area contributed by atoms with Crippen LogP contribution in [0.4, 0.5) is 0 Å². The first-order chi connectivity index (χ1) is 8.49. The third kappa shape index (κ3) is 3.23. The molecule has 100 valence electrons. The van der Waals surface area contributed by atoms with Gasteiger partial charge in [0.15, 0.2) is 0 Å². The van der Waals surface area contributed by atoms with Gasteiger partial charge in [0.05, 0.1) is 5.02 Å². The molecule has 0 radical (unpaired) electrons. The van der Waals surface area contributed by atoms with Crippen LogP contribution in [-0.4, -0.2) is 20.5 Å². The smallest absolute Gasteiger partial charge is 0.242 e. The maximum atomic E-state index is 12.2. The Balaban J connectivity index is 2.11. The van der Waals surface area contributed by atoms with Gasteiger partial charge in [0.2, 0.25) is 10.0 Å². The summed E-state index contributed by atoms with van der Waals surface area (Å²) < 4.78 is 27.1. The predicted molar refractivity (Wildman–Crippen MR) is 72.0 cm³/mol. The van der Waals surface area contributed by atoms with Crippen molar-refractivity contribution in [3.63, 3.8) is 0 Å². The Morgan fingerprint density at radius 3 is 2.39 bits per heavy atom. The molecule has 1 aliphatic carbocycles. The van der Waals surface area contributed by atoms with E-state index < -0.39 is 10.0 Å². The van der Waals surface area contributed by atoms with Crippen LogP contribution in [0.15, 0.2) is 29.2 Å². The zero-order valence-corrected chi connectivity index (χ0v) is 11.5. The Morgan fingerprint density at radius 2 is 1.78 bits per heavy atom. The molecule has 4 nitrogen and oxygen atoms in total. The molecule has 0 aliphatic heterocycles. The van der Waals surface area contributed by atoms with Gasteiger partial charge in [-0.15, -0.1) is 0 Å². The van der Waals surface area contributed by atoms with Gasteiger partial charge in [0, 0.05) is 12.1 Å². The zero-order valence-electron chi connectivity index (χ0n) is 9.97. The summed E-state index contributed by atoms with van der Waals surface area (Å²) in [5, 5.41) is 0.248. The minimum Gasteiger partial charge on any atom is -0.328 e. The first-order valence-electron chi connectivity index (χ1n) is 6.01. The normalized spacial score (nSPS) is 25.0. The van der Waals surface area contributed by atoms with Crippen LogP contribution in [0, 0.1) is 0 Å². The summed E-state index contributed by atoms with van der Waals surface area (Å²) in [6.07, 6.45) is 3.28. The molecular weight excluding hydrogens is 272 g/mol. The molecule has 6 heteroatoms. The zero-order chi connectivity index (χ0) is 13.2. The average molecular weight is 289 g/mol. The molecule has 0 spiro atoms. The van der Waals surface area contributed by atoms with E-state index in [1.807, 2.05) is 0 Å². The number of rotatable bonds is 3. The van der Waals surface area contributed by atoms with Crippen LogP contribution in [0.2, 0.25) is 5.02 Å². The van der Waals surface area contributed by atoms with Gasteiger partial charge in [0.1, 0.15) is 4.90 Å². The van der Waals surface area contributed by atoms with Gasteiger partial charge < -0.3 is 5.73 Å². The number of nitrogens with one attached hydrogen (secondary N) is 1. The van der Waals surface area contributed by atoms with Crippen molar-refractivity contribution in [3.8, 4) is 0 Å². The molecule has 2 rings (SSSR count). The highest BCUT2D eigenvalue weighted by Crippen LogP contribution is 2.23. The number of halogens is 1. The van der Waals surface area contributed by atoms with E-state index >= 15 is 0 Å². The summed E-state index contributed by atoms with van der Waals surface area (Å²) in [5.41, 5.74) is 5.80. The Morgan fingerprint density at radius 1 is 1.17 bits per heavy atom. The highest BCUT2D eigenvalue weighted by molar-refractivity contribution is 7.89. The van der Waals surface area contributed by atoms with Gasteiger partial charge in [-0.25, -0.2) is 13.1 Å². The highest BCUT2D eigenvalue weighted by atomic mass is 35.5. The second-order valence-electron chi connectivity index (χ2n) is 4.66. The molecule has 0 atom stereocenters. The predicted octanol–water partition coefficient (Wildman–Crippen LogP) is 1.89. The quantitative estimate of drug-likeness (QED) is 0.892. The van der Waals surface area contributed by atoms with Crippen molar-refractivity contribution >= 4 is 21.6 Å². The fourth-order valence-corrected chi connectivity index (χ4v) is 4.01. The molecule has 1 aromatic carbocycles. The van der Waals surface area contributed by atoms with E-state index in [1.54, 1.807) is 18.2 Å². The van der Waals surface area contributed by atoms with Crippen molar-refractivity contribution in [2.24, 2.45) is 5.73 Å². The molecular formula is C12H17ClN2O2S. The van der Waals surface area contributed by atoms with Crippen LogP contribution in [-0.2, 0) is 10.0 Å². The average Bonchev–Trinajstić information content (AvgIpc) is 2.32. The van der Waals surface area contributed by atoms with E-state index in [0.29, 0.717) is 0 Å². The van der Waals surface area contributed by atoms with Crippen molar-refractivity contribution in [1.29, 1.82) is 0 Å². The van der Waals surface area contributed by atoms with E-state index in [1.165, 1.54) is 6.07 Å². The molecule has 18 heavy (non-hydrogen) atoms. The SMILES string of the molecule is NC1CCC(NS(=O)(=O)c2ccccc2Cl)CC1. The van der Waals surface area contributed by atoms with Crippen LogP contribution >= 0.6 is 11.6 Å². The first kappa shape index (κ1) is 13.8. The van der Waals surface area contributed by atoms with Crippen LogP contribution in [0.5, 0.6) is 0 Å². The van der Waals surface area contributed by atoms with E-state index in [9.17, 15) is 8.42 Å². The lowest BCUT2D eigenvalue weighted by Crippen LogP contribution is -2.40. The second kappa shape index (κ2) is 5.57. The van der Waals surface area contributed by atoms with E-state index in [4.69, 9.17) is 17.3 Å². The van der Waals surface area contributed by atoms with Crippen LogP contribution in [0.25, 0.3) is 0 Å². The van der Waals surface area contributed by atoms with Crippen molar-refractivity contribution in [2.45, 2.75) is 42.7 Å². The lowest BCUT2D eigenvalue weighted by Gasteiger charge is -2.26. The molecule has 0 bridgehead atoms. The lowest BCUT2D eigenvalue weighted by atomic mass is 9.93. The largest absolute Gasteiger partial charge is 0.328 e. The molecule has 1 aromatic rings. The summed E-state index contributed by atoms with van der Waals surface area (Å²) in [6.45, 7) is 0. The summed E-state index contributed by atoms with van der Waals surface area (Å²) in [7, 11) is -3.53. The van der Waals surface area contributed by atoms with Gasteiger partial charge in [-0.05, 0) is 37.8 Å². The van der Waals surface area contributed by atoms with Gasteiger partial charge in [-0.2, -0.15) is 0 Å². The standard InChI is InChI=1S/C12H17ClN2O2S/c13-11-3-1-2-4-12(11)18(16,17)15-10-7-5-9(14)6-8-10/h1-4,9-10,15H,5-8,14H2. The van der Waals surface area contributed by atoms with Gasteiger partial charge in [-0.1, -0.05) is 23.7 Å². The fraction of sp³-hybridized carbons (Fsp3) is 0.500. The molecule has 1 fully saturated rings. The van der Waals surface area contributed by atoms with Crippen molar-refractivity contribution in [1.82, 2.24) is 4.72 Å². The fourth-order valence-electron chi connectivity index (χ4n) is 2.18. The summed E-state index contributed by atoms with van der Waals surface area (Å²) in [5.74, 6) is 0. The van der Waals surface area contributed by atoms with Crippen molar-refractivity contribution < 1.29 is 8.42 Å². The molecule has 3 N–H and O–H groups in total. The van der Waals surface area contributed by atoms with E-state index in [0.717, 1.165) is 25.7 Å². The molecule has 0 amide bonds. The number of hydrogen-bond acceptors (Lipinski definition) is 3. The molecule has 0 heterocycles. The molecule has 1 aliphatic rings. The Hall–Kier alpha value is -0.620. The third-order valence-corrected chi connectivity index (χ3v) is 5.24. The second-order valence-corrected chi connectivity index (χ2v) is 6.75.